The molecule has 0 fully saturated rings. The second-order valence-corrected chi connectivity index (χ2v) is 4.83. The Kier molecular flexibility index (Phi) is 3.91. The molecule has 0 bridgehead atoms. The zero-order valence-electron chi connectivity index (χ0n) is 8.88. The monoisotopic (exact) mass is 302 g/mol. The maximum atomic E-state index is 12.8. The largest absolute Gasteiger partial charge is 0.288 e. The number of rotatable bonds is 2. The highest BCUT2D eigenvalue weighted by Crippen LogP contribution is 2.30. The predicted molar refractivity (Wildman–Crippen MR) is 71.3 cm³/mol. The highest BCUT2D eigenvalue weighted by molar-refractivity contribution is 6.43. The van der Waals surface area contributed by atoms with Gasteiger partial charge >= 0.3 is 0 Å². The third kappa shape index (κ3) is 2.66. The predicted octanol–water partition coefficient (Wildman–Crippen LogP) is 5.02. The van der Waals surface area contributed by atoms with E-state index in [1.807, 2.05) is 0 Å². The van der Waals surface area contributed by atoms with Gasteiger partial charge < -0.3 is 0 Å². The molecule has 0 unspecified atom stereocenters. The van der Waals surface area contributed by atoms with Gasteiger partial charge in [-0.1, -0.05) is 34.8 Å². The van der Waals surface area contributed by atoms with Crippen molar-refractivity contribution >= 4 is 40.6 Å². The van der Waals surface area contributed by atoms with Crippen LogP contribution in [0.5, 0.6) is 0 Å². The topological polar surface area (TPSA) is 17.1 Å². The second kappa shape index (κ2) is 5.27. The van der Waals surface area contributed by atoms with Gasteiger partial charge in [-0.15, -0.1) is 0 Å². The molecule has 0 radical (unpaired) electrons. The van der Waals surface area contributed by atoms with E-state index in [0.29, 0.717) is 10.6 Å². The third-order valence-electron chi connectivity index (χ3n) is 2.34. The molecule has 0 heterocycles. The lowest BCUT2D eigenvalue weighted by Crippen LogP contribution is -2.03. The standard InChI is InChI=1S/C13H6Cl3FO/c14-8-5-10(15)12(11(16)6-8)13(18)7-1-3-9(17)4-2-7/h1-6H. The highest BCUT2D eigenvalue weighted by atomic mass is 35.5. The number of benzene rings is 2. The zero-order chi connectivity index (χ0) is 13.3. The van der Waals surface area contributed by atoms with Gasteiger partial charge in [-0.2, -0.15) is 0 Å². The van der Waals surface area contributed by atoms with Crippen LogP contribution in [-0.4, -0.2) is 5.78 Å². The molecule has 0 aliphatic heterocycles. The van der Waals surface area contributed by atoms with Gasteiger partial charge in [0.05, 0.1) is 15.6 Å². The molecule has 2 rings (SSSR count). The quantitative estimate of drug-likeness (QED) is 0.712. The normalized spacial score (nSPS) is 10.4. The van der Waals surface area contributed by atoms with Crippen molar-refractivity contribution in [1.29, 1.82) is 0 Å². The average molecular weight is 304 g/mol. The number of hydrogen-bond acceptors (Lipinski definition) is 1. The SMILES string of the molecule is O=C(c1ccc(F)cc1)c1c(Cl)cc(Cl)cc1Cl. The first-order valence-electron chi connectivity index (χ1n) is 4.94. The Bertz CT molecular complexity index is 585. The Labute approximate surface area is 118 Å². The van der Waals surface area contributed by atoms with Gasteiger partial charge in [0.1, 0.15) is 5.82 Å². The van der Waals surface area contributed by atoms with E-state index in [1.54, 1.807) is 0 Å². The molecule has 0 amide bonds. The minimum atomic E-state index is -0.417. The first kappa shape index (κ1) is 13.3. The smallest absolute Gasteiger partial charge is 0.196 e. The minimum absolute atomic E-state index is 0.161. The summed E-state index contributed by atoms with van der Waals surface area (Å²) in [5.74, 6) is -0.790. The summed E-state index contributed by atoms with van der Waals surface area (Å²) in [5, 5.41) is 0.685. The fraction of sp³-hybridized carbons (Fsp3) is 0. The van der Waals surface area contributed by atoms with Gasteiger partial charge in [-0.25, -0.2) is 4.39 Å². The molecule has 0 saturated heterocycles. The van der Waals surface area contributed by atoms with Crippen LogP contribution in [0, 0.1) is 5.82 Å². The Hall–Kier alpha value is -1.09. The number of carbonyl (C=O) groups excluding carboxylic acids is 1. The Morgan fingerprint density at radius 1 is 0.944 bits per heavy atom. The molecule has 0 N–H and O–H groups in total. The Morgan fingerprint density at radius 3 is 1.94 bits per heavy atom. The maximum absolute atomic E-state index is 12.8. The van der Waals surface area contributed by atoms with E-state index in [0.717, 1.165) is 0 Å². The molecule has 0 aromatic heterocycles. The van der Waals surface area contributed by atoms with E-state index in [2.05, 4.69) is 0 Å². The van der Waals surface area contributed by atoms with E-state index in [4.69, 9.17) is 34.8 Å². The van der Waals surface area contributed by atoms with Gasteiger partial charge in [0.15, 0.2) is 5.78 Å². The fourth-order valence-electron chi connectivity index (χ4n) is 1.50. The first-order chi connectivity index (χ1) is 8.49. The van der Waals surface area contributed by atoms with E-state index in [1.165, 1.54) is 36.4 Å². The summed E-state index contributed by atoms with van der Waals surface area (Å²) < 4.78 is 12.8. The molecule has 0 aliphatic carbocycles. The summed E-state index contributed by atoms with van der Waals surface area (Å²) >= 11 is 17.7. The van der Waals surface area contributed by atoms with Crippen LogP contribution < -0.4 is 0 Å². The summed E-state index contributed by atoms with van der Waals surface area (Å²) in [7, 11) is 0. The molecule has 18 heavy (non-hydrogen) atoms. The highest BCUT2D eigenvalue weighted by Gasteiger charge is 2.17. The molecule has 2 aromatic rings. The molecule has 0 spiro atoms. The summed E-state index contributed by atoms with van der Waals surface area (Å²) in [5.41, 5.74) is 0.469. The maximum Gasteiger partial charge on any atom is 0.196 e. The second-order valence-electron chi connectivity index (χ2n) is 3.58. The van der Waals surface area contributed by atoms with Crippen molar-refractivity contribution in [2.24, 2.45) is 0 Å². The van der Waals surface area contributed by atoms with Crippen molar-refractivity contribution < 1.29 is 9.18 Å². The summed E-state index contributed by atoms with van der Waals surface area (Å²) in [6.45, 7) is 0. The molecule has 0 aliphatic rings. The lowest BCUT2D eigenvalue weighted by Gasteiger charge is -2.07. The Balaban J connectivity index is 2.49. The van der Waals surface area contributed by atoms with Crippen LogP contribution in [0.2, 0.25) is 15.1 Å². The molecule has 0 saturated carbocycles. The van der Waals surface area contributed by atoms with E-state index < -0.39 is 5.82 Å². The van der Waals surface area contributed by atoms with Gasteiger partial charge in [0.25, 0.3) is 0 Å². The lowest BCUT2D eigenvalue weighted by molar-refractivity contribution is 0.103. The molecule has 1 nitrogen and oxygen atoms in total. The molecule has 0 atom stereocenters. The zero-order valence-corrected chi connectivity index (χ0v) is 11.2. The number of carbonyl (C=O) groups is 1. The molecule has 2 aromatic carbocycles. The third-order valence-corrected chi connectivity index (χ3v) is 3.15. The number of halogens is 4. The van der Waals surface area contributed by atoms with Crippen molar-refractivity contribution in [3.63, 3.8) is 0 Å². The van der Waals surface area contributed by atoms with Gasteiger partial charge in [-0.05, 0) is 36.4 Å². The summed E-state index contributed by atoms with van der Waals surface area (Å²) in [6, 6.07) is 8.02. The average Bonchev–Trinajstić information content (AvgIpc) is 2.28. The van der Waals surface area contributed by atoms with Crippen LogP contribution in [0.15, 0.2) is 36.4 Å². The van der Waals surface area contributed by atoms with Gasteiger partial charge in [0.2, 0.25) is 0 Å². The van der Waals surface area contributed by atoms with Crippen molar-refractivity contribution in [3.8, 4) is 0 Å². The summed E-state index contributed by atoms with van der Waals surface area (Å²) in [4.78, 5) is 12.2. The van der Waals surface area contributed by atoms with Crippen molar-refractivity contribution in [2.45, 2.75) is 0 Å². The summed E-state index contributed by atoms with van der Waals surface area (Å²) in [6.07, 6.45) is 0. The molecule has 5 heteroatoms. The molecule has 92 valence electrons. The van der Waals surface area contributed by atoms with E-state index >= 15 is 0 Å². The molecular formula is C13H6Cl3FO. The van der Waals surface area contributed by atoms with E-state index in [9.17, 15) is 9.18 Å². The van der Waals surface area contributed by atoms with Crippen molar-refractivity contribution in [2.75, 3.05) is 0 Å². The van der Waals surface area contributed by atoms with Crippen LogP contribution in [-0.2, 0) is 0 Å². The van der Waals surface area contributed by atoms with Crippen LogP contribution in [0.4, 0.5) is 4.39 Å². The van der Waals surface area contributed by atoms with Crippen LogP contribution >= 0.6 is 34.8 Å². The van der Waals surface area contributed by atoms with E-state index in [-0.39, 0.29) is 21.4 Å². The van der Waals surface area contributed by atoms with Gasteiger partial charge in [-0.3, -0.25) is 4.79 Å². The van der Waals surface area contributed by atoms with Crippen LogP contribution in [0.1, 0.15) is 15.9 Å². The van der Waals surface area contributed by atoms with Gasteiger partial charge in [0, 0.05) is 10.6 Å². The number of hydrogen-bond donors (Lipinski definition) is 0. The fourth-order valence-corrected chi connectivity index (χ4v) is 2.49. The Morgan fingerprint density at radius 2 is 1.44 bits per heavy atom. The first-order valence-corrected chi connectivity index (χ1v) is 6.07. The molecular weight excluding hydrogens is 297 g/mol. The van der Waals surface area contributed by atoms with Crippen LogP contribution in [0.3, 0.4) is 0 Å². The minimum Gasteiger partial charge on any atom is -0.288 e. The van der Waals surface area contributed by atoms with Crippen molar-refractivity contribution in [3.05, 3.63) is 68.4 Å². The van der Waals surface area contributed by atoms with Crippen LogP contribution in [0.25, 0.3) is 0 Å². The van der Waals surface area contributed by atoms with Crippen molar-refractivity contribution in [1.82, 2.24) is 0 Å². The lowest BCUT2D eigenvalue weighted by atomic mass is 10.0. The number of ketones is 1.